The summed E-state index contributed by atoms with van der Waals surface area (Å²) in [6.07, 6.45) is 1.73. The number of aromatic nitrogens is 2. The Kier molecular flexibility index (Phi) is 5.85. The monoisotopic (exact) mass is 387 g/mol. The van der Waals surface area contributed by atoms with Gasteiger partial charge in [-0.15, -0.1) is 11.3 Å². The predicted octanol–water partition coefficient (Wildman–Crippen LogP) is 4.17. The Labute approximate surface area is 161 Å². The van der Waals surface area contributed by atoms with Crippen LogP contribution in [-0.2, 0) is 11.3 Å². The van der Waals surface area contributed by atoms with Gasteiger partial charge in [-0.05, 0) is 49.2 Å². The van der Waals surface area contributed by atoms with E-state index in [4.69, 9.17) is 16.3 Å². The van der Waals surface area contributed by atoms with E-state index in [2.05, 4.69) is 15.3 Å². The maximum atomic E-state index is 12.0. The Bertz CT molecular complexity index is 889. The maximum Gasteiger partial charge on any atom is 0.258 e. The molecule has 0 radical (unpaired) electrons. The first kappa shape index (κ1) is 18.4. The first-order valence-electron chi connectivity index (χ1n) is 8.05. The first-order valence-corrected chi connectivity index (χ1v) is 9.31. The maximum absolute atomic E-state index is 12.0. The summed E-state index contributed by atoms with van der Waals surface area (Å²) in [5, 5.41) is 6.27. The van der Waals surface area contributed by atoms with Crippen LogP contribution in [0, 0.1) is 13.8 Å². The molecule has 0 aliphatic carbocycles. The average Bonchev–Trinajstić information content (AvgIpc) is 3.12. The van der Waals surface area contributed by atoms with Crippen LogP contribution in [0.2, 0.25) is 5.02 Å². The number of nitrogens with zero attached hydrogens (tertiary/aromatic N) is 2. The van der Waals surface area contributed by atoms with E-state index < -0.39 is 0 Å². The van der Waals surface area contributed by atoms with Crippen molar-refractivity contribution in [1.29, 1.82) is 0 Å². The molecule has 26 heavy (non-hydrogen) atoms. The fourth-order valence-corrected chi connectivity index (χ4v) is 3.28. The third kappa shape index (κ3) is 4.59. The second-order valence-electron chi connectivity index (χ2n) is 5.80. The number of thiazole rings is 1. The lowest BCUT2D eigenvalue weighted by atomic mass is 10.1. The number of aryl methyl sites for hydroxylation is 2. The Balaban J connectivity index is 1.51. The van der Waals surface area contributed by atoms with Gasteiger partial charge in [-0.25, -0.2) is 4.98 Å². The van der Waals surface area contributed by atoms with Crippen LogP contribution in [0.4, 0.5) is 0 Å². The highest BCUT2D eigenvalue weighted by atomic mass is 35.5. The summed E-state index contributed by atoms with van der Waals surface area (Å²) < 4.78 is 5.55. The number of hydrogen-bond acceptors (Lipinski definition) is 5. The molecule has 2 aromatic heterocycles. The number of carbonyl (C=O) groups is 1. The van der Waals surface area contributed by atoms with Gasteiger partial charge in [-0.1, -0.05) is 17.7 Å². The van der Waals surface area contributed by atoms with Crippen LogP contribution in [-0.4, -0.2) is 22.5 Å². The summed E-state index contributed by atoms with van der Waals surface area (Å²) in [7, 11) is 0. The number of hydrogen-bond donors (Lipinski definition) is 1. The zero-order valence-electron chi connectivity index (χ0n) is 14.5. The highest BCUT2D eigenvalue weighted by Crippen LogP contribution is 2.25. The predicted molar refractivity (Wildman–Crippen MR) is 104 cm³/mol. The fraction of sp³-hybridized carbons (Fsp3) is 0.211. The number of amides is 1. The van der Waals surface area contributed by atoms with E-state index in [1.54, 1.807) is 6.20 Å². The van der Waals surface area contributed by atoms with Gasteiger partial charge >= 0.3 is 0 Å². The molecule has 7 heteroatoms. The number of carbonyl (C=O) groups excluding carboxylic acids is 1. The van der Waals surface area contributed by atoms with Crippen LogP contribution in [0.3, 0.4) is 0 Å². The van der Waals surface area contributed by atoms with Crippen LogP contribution in [0.1, 0.15) is 16.8 Å². The summed E-state index contributed by atoms with van der Waals surface area (Å²) in [4.78, 5) is 20.8. The second-order valence-corrected chi connectivity index (χ2v) is 7.03. The van der Waals surface area contributed by atoms with Crippen molar-refractivity contribution in [2.24, 2.45) is 0 Å². The molecular weight excluding hydrogens is 370 g/mol. The minimum atomic E-state index is -0.206. The zero-order chi connectivity index (χ0) is 18.5. The molecule has 0 atom stereocenters. The standard InChI is InChI=1S/C19H18ClN3O2S/c1-12-7-15(8-13(2)18(12)20)25-10-17(24)22-9-14-11-26-19(23-14)16-5-3-4-6-21-16/h3-8,11H,9-10H2,1-2H3,(H,22,24). The summed E-state index contributed by atoms with van der Waals surface area (Å²) in [5.41, 5.74) is 3.47. The molecule has 0 unspecified atom stereocenters. The van der Waals surface area contributed by atoms with Crippen LogP contribution in [0.5, 0.6) is 5.75 Å². The van der Waals surface area contributed by atoms with Gasteiger partial charge in [0.1, 0.15) is 10.8 Å². The van der Waals surface area contributed by atoms with Crippen molar-refractivity contribution in [3.63, 3.8) is 0 Å². The topological polar surface area (TPSA) is 64.1 Å². The minimum Gasteiger partial charge on any atom is -0.484 e. The minimum absolute atomic E-state index is 0.0578. The number of benzene rings is 1. The lowest BCUT2D eigenvalue weighted by Gasteiger charge is -2.10. The first-order chi connectivity index (χ1) is 12.5. The van der Waals surface area contributed by atoms with E-state index in [0.29, 0.717) is 17.3 Å². The van der Waals surface area contributed by atoms with E-state index >= 15 is 0 Å². The lowest BCUT2D eigenvalue weighted by molar-refractivity contribution is -0.123. The molecule has 134 valence electrons. The summed E-state index contributed by atoms with van der Waals surface area (Å²) in [6.45, 7) is 4.11. The molecule has 1 amide bonds. The zero-order valence-corrected chi connectivity index (χ0v) is 16.0. The Morgan fingerprint density at radius 2 is 2.04 bits per heavy atom. The van der Waals surface area contributed by atoms with E-state index in [-0.39, 0.29) is 12.5 Å². The number of rotatable bonds is 6. The van der Waals surface area contributed by atoms with Crippen molar-refractivity contribution in [2.75, 3.05) is 6.61 Å². The SMILES string of the molecule is Cc1cc(OCC(=O)NCc2csc(-c3ccccn3)n2)cc(C)c1Cl. The fourth-order valence-electron chi connectivity index (χ4n) is 2.37. The van der Waals surface area contributed by atoms with E-state index in [1.165, 1.54) is 11.3 Å². The average molecular weight is 388 g/mol. The molecule has 0 aliphatic rings. The molecule has 0 bridgehead atoms. The quantitative estimate of drug-likeness (QED) is 0.689. The van der Waals surface area contributed by atoms with Gasteiger partial charge in [0.25, 0.3) is 5.91 Å². The Morgan fingerprint density at radius 1 is 1.27 bits per heavy atom. The van der Waals surface area contributed by atoms with Gasteiger partial charge in [-0.3, -0.25) is 9.78 Å². The number of ether oxygens (including phenoxy) is 1. The van der Waals surface area contributed by atoms with Gasteiger partial charge in [0.2, 0.25) is 0 Å². The van der Waals surface area contributed by atoms with Gasteiger partial charge in [0.05, 0.1) is 17.9 Å². The molecule has 1 aromatic carbocycles. The lowest BCUT2D eigenvalue weighted by Crippen LogP contribution is -2.28. The van der Waals surface area contributed by atoms with Gasteiger partial charge in [-0.2, -0.15) is 0 Å². The molecule has 0 spiro atoms. The summed E-state index contributed by atoms with van der Waals surface area (Å²) in [5.74, 6) is 0.424. The molecule has 5 nitrogen and oxygen atoms in total. The van der Waals surface area contributed by atoms with Crippen LogP contribution >= 0.6 is 22.9 Å². The number of nitrogens with one attached hydrogen (secondary N) is 1. The van der Waals surface area contributed by atoms with Crippen LogP contribution in [0.25, 0.3) is 10.7 Å². The van der Waals surface area contributed by atoms with E-state index in [9.17, 15) is 4.79 Å². The van der Waals surface area contributed by atoms with Gasteiger partial charge < -0.3 is 10.1 Å². The van der Waals surface area contributed by atoms with Crippen molar-refractivity contribution in [3.8, 4) is 16.5 Å². The molecule has 0 saturated heterocycles. The van der Waals surface area contributed by atoms with Crippen LogP contribution in [0.15, 0.2) is 41.9 Å². The third-order valence-electron chi connectivity index (χ3n) is 3.68. The Hall–Kier alpha value is -2.44. The molecule has 0 saturated carbocycles. The molecular formula is C19H18ClN3O2S. The summed E-state index contributed by atoms with van der Waals surface area (Å²) >= 11 is 7.63. The van der Waals surface area contributed by atoms with Crippen LogP contribution < -0.4 is 10.1 Å². The highest BCUT2D eigenvalue weighted by Gasteiger charge is 2.09. The van der Waals surface area contributed by atoms with E-state index in [1.807, 2.05) is 49.6 Å². The number of halogens is 1. The van der Waals surface area contributed by atoms with Crippen molar-refractivity contribution in [3.05, 3.63) is 63.8 Å². The van der Waals surface area contributed by atoms with Crippen molar-refractivity contribution in [1.82, 2.24) is 15.3 Å². The smallest absolute Gasteiger partial charge is 0.258 e. The summed E-state index contributed by atoms with van der Waals surface area (Å²) in [6, 6.07) is 9.33. The van der Waals surface area contributed by atoms with Crippen molar-refractivity contribution >= 4 is 28.8 Å². The molecule has 0 fully saturated rings. The van der Waals surface area contributed by atoms with Crippen molar-refractivity contribution in [2.45, 2.75) is 20.4 Å². The van der Waals surface area contributed by atoms with E-state index in [0.717, 1.165) is 27.5 Å². The molecule has 2 heterocycles. The molecule has 3 aromatic rings. The normalized spacial score (nSPS) is 10.6. The Morgan fingerprint density at radius 3 is 2.73 bits per heavy atom. The second kappa shape index (κ2) is 8.29. The highest BCUT2D eigenvalue weighted by molar-refractivity contribution is 7.13. The molecule has 0 aliphatic heterocycles. The molecule has 1 N–H and O–H groups in total. The van der Waals surface area contributed by atoms with Gasteiger partial charge in [0.15, 0.2) is 6.61 Å². The third-order valence-corrected chi connectivity index (χ3v) is 5.19. The van der Waals surface area contributed by atoms with Gasteiger partial charge in [0, 0.05) is 16.6 Å². The number of pyridine rings is 1. The van der Waals surface area contributed by atoms with Crippen molar-refractivity contribution < 1.29 is 9.53 Å². The largest absolute Gasteiger partial charge is 0.484 e. The molecule has 3 rings (SSSR count).